The SMILES string of the molecule is CC(C)OCCC(=O)N[C@H]1CCCNC1. The number of amides is 1. The molecule has 0 aromatic rings. The summed E-state index contributed by atoms with van der Waals surface area (Å²) in [5.41, 5.74) is 0. The quantitative estimate of drug-likeness (QED) is 0.707. The second-order valence-corrected chi connectivity index (χ2v) is 4.28. The molecule has 1 fully saturated rings. The predicted molar refractivity (Wildman–Crippen MR) is 59.7 cm³/mol. The molecule has 0 spiro atoms. The molecule has 88 valence electrons. The van der Waals surface area contributed by atoms with E-state index in [1.807, 2.05) is 13.8 Å². The molecule has 1 aliphatic rings. The van der Waals surface area contributed by atoms with Crippen molar-refractivity contribution in [3.63, 3.8) is 0 Å². The van der Waals surface area contributed by atoms with Crippen molar-refractivity contribution in [3.05, 3.63) is 0 Å². The number of nitrogens with one attached hydrogen (secondary N) is 2. The van der Waals surface area contributed by atoms with Crippen LogP contribution in [0.15, 0.2) is 0 Å². The number of carbonyl (C=O) groups excluding carboxylic acids is 1. The first-order valence-corrected chi connectivity index (χ1v) is 5.80. The van der Waals surface area contributed by atoms with Gasteiger partial charge < -0.3 is 15.4 Å². The Morgan fingerprint density at radius 1 is 1.60 bits per heavy atom. The van der Waals surface area contributed by atoms with Crippen molar-refractivity contribution in [2.45, 2.75) is 45.3 Å². The van der Waals surface area contributed by atoms with Crippen molar-refractivity contribution >= 4 is 5.91 Å². The van der Waals surface area contributed by atoms with Gasteiger partial charge in [-0.2, -0.15) is 0 Å². The van der Waals surface area contributed by atoms with Gasteiger partial charge in [0, 0.05) is 19.0 Å². The van der Waals surface area contributed by atoms with Crippen molar-refractivity contribution < 1.29 is 9.53 Å². The molecule has 1 rings (SSSR count). The molecule has 1 saturated heterocycles. The van der Waals surface area contributed by atoms with Crippen LogP contribution in [0.5, 0.6) is 0 Å². The maximum absolute atomic E-state index is 11.5. The number of piperidine rings is 1. The molecule has 0 unspecified atom stereocenters. The van der Waals surface area contributed by atoms with Crippen LogP contribution in [0.3, 0.4) is 0 Å². The van der Waals surface area contributed by atoms with Crippen molar-refractivity contribution in [3.8, 4) is 0 Å². The number of rotatable bonds is 5. The molecule has 1 amide bonds. The molecular weight excluding hydrogens is 192 g/mol. The second-order valence-electron chi connectivity index (χ2n) is 4.28. The van der Waals surface area contributed by atoms with Crippen LogP contribution >= 0.6 is 0 Å². The van der Waals surface area contributed by atoms with Crippen LogP contribution in [0.2, 0.25) is 0 Å². The van der Waals surface area contributed by atoms with E-state index >= 15 is 0 Å². The minimum absolute atomic E-state index is 0.101. The Hall–Kier alpha value is -0.610. The summed E-state index contributed by atoms with van der Waals surface area (Å²) in [7, 11) is 0. The van der Waals surface area contributed by atoms with Crippen LogP contribution in [-0.2, 0) is 9.53 Å². The van der Waals surface area contributed by atoms with E-state index in [9.17, 15) is 4.79 Å². The minimum Gasteiger partial charge on any atom is -0.378 e. The Bertz CT molecular complexity index is 189. The van der Waals surface area contributed by atoms with Gasteiger partial charge in [-0.1, -0.05) is 0 Å². The van der Waals surface area contributed by atoms with Crippen LogP contribution in [-0.4, -0.2) is 37.7 Å². The topological polar surface area (TPSA) is 50.4 Å². The Balaban J connectivity index is 2.06. The number of hydrogen-bond donors (Lipinski definition) is 2. The normalized spacial score (nSPS) is 21.7. The molecule has 1 aliphatic heterocycles. The Labute approximate surface area is 91.8 Å². The highest BCUT2D eigenvalue weighted by molar-refractivity contribution is 5.76. The van der Waals surface area contributed by atoms with Gasteiger partial charge in [-0.15, -0.1) is 0 Å². The van der Waals surface area contributed by atoms with Crippen molar-refractivity contribution in [1.29, 1.82) is 0 Å². The standard InChI is InChI=1S/C11H22N2O2/c1-9(2)15-7-5-11(14)13-10-4-3-6-12-8-10/h9-10,12H,3-8H2,1-2H3,(H,13,14)/t10-/m0/s1. The summed E-state index contributed by atoms with van der Waals surface area (Å²) in [6.45, 7) is 6.44. The molecular formula is C11H22N2O2. The first-order valence-electron chi connectivity index (χ1n) is 5.80. The average Bonchev–Trinajstić information content (AvgIpc) is 2.18. The van der Waals surface area contributed by atoms with Gasteiger partial charge in [-0.05, 0) is 33.2 Å². The molecule has 1 atom stereocenters. The van der Waals surface area contributed by atoms with Gasteiger partial charge in [0.15, 0.2) is 0 Å². The molecule has 15 heavy (non-hydrogen) atoms. The number of ether oxygens (including phenoxy) is 1. The zero-order valence-corrected chi connectivity index (χ0v) is 9.71. The summed E-state index contributed by atoms with van der Waals surface area (Å²) in [6.07, 6.45) is 2.90. The van der Waals surface area contributed by atoms with Crippen molar-refractivity contribution in [2.24, 2.45) is 0 Å². The van der Waals surface area contributed by atoms with E-state index in [2.05, 4.69) is 10.6 Å². The largest absolute Gasteiger partial charge is 0.378 e. The lowest BCUT2D eigenvalue weighted by atomic mass is 10.1. The Morgan fingerprint density at radius 3 is 3.00 bits per heavy atom. The monoisotopic (exact) mass is 214 g/mol. The van der Waals surface area contributed by atoms with E-state index < -0.39 is 0 Å². The van der Waals surface area contributed by atoms with Gasteiger partial charge in [-0.3, -0.25) is 4.79 Å². The summed E-state index contributed by atoms with van der Waals surface area (Å²) >= 11 is 0. The summed E-state index contributed by atoms with van der Waals surface area (Å²) in [6, 6.07) is 0.310. The minimum atomic E-state index is 0.101. The van der Waals surface area contributed by atoms with E-state index in [0.29, 0.717) is 19.1 Å². The third kappa shape index (κ3) is 5.74. The highest BCUT2D eigenvalue weighted by Gasteiger charge is 2.14. The molecule has 0 aromatic heterocycles. The molecule has 0 radical (unpaired) electrons. The summed E-state index contributed by atoms with van der Waals surface area (Å²) in [5, 5.41) is 6.28. The van der Waals surface area contributed by atoms with Gasteiger partial charge in [0.05, 0.1) is 12.7 Å². The molecule has 0 aromatic carbocycles. The van der Waals surface area contributed by atoms with Crippen LogP contribution in [0, 0.1) is 0 Å². The third-order valence-corrected chi connectivity index (χ3v) is 2.44. The molecule has 2 N–H and O–H groups in total. The maximum atomic E-state index is 11.5. The average molecular weight is 214 g/mol. The van der Waals surface area contributed by atoms with E-state index in [-0.39, 0.29) is 12.0 Å². The van der Waals surface area contributed by atoms with E-state index in [4.69, 9.17) is 4.74 Å². The smallest absolute Gasteiger partial charge is 0.222 e. The van der Waals surface area contributed by atoms with Crippen LogP contribution in [0.25, 0.3) is 0 Å². The molecule has 0 bridgehead atoms. The molecule has 0 aliphatic carbocycles. The highest BCUT2D eigenvalue weighted by Crippen LogP contribution is 2.01. The van der Waals surface area contributed by atoms with Crippen molar-refractivity contribution in [2.75, 3.05) is 19.7 Å². The number of carbonyl (C=O) groups is 1. The fourth-order valence-electron chi connectivity index (χ4n) is 1.66. The van der Waals surface area contributed by atoms with Crippen molar-refractivity contribution in [1.82, 2.24) is 10.6 Å². The van der Waals surface area contributed by atoms with E-state index in [1.54, 1.807) is 0 Å². The van der Waals surface area contributed by atoms with Gasteiger partial charge >= 0.3 is 0 Å². The number of hydrogen-bond acceptors (Lipinski definition) is 3. The first kappa shape index (κ1) is 12.5. The van der Waals surface area contributed by atoms with E-state index in [0.717, 1.165) is 25.9 Å². The van der Waals surface area contributed by atoms with Crippen LogP contribution in [0.4, 0.5) is 0 Å². The molecule has 0 saturated carbocycles. The Morgan fingerprint density at radius 2 is 2.40 bits per heavy atom. The molecule has 1 heterocycles. The lowest BCUT2D eigenvalue weighted by Crippen LogP contribution is -2.45. The second kappa shape index (κ2) is 6.80. The highest BCUT2D eigenvalue weighted by atomic mass is 16.5. The van der Waals surface area contributed by atoms with Gasteiger partial charge in [0.2, 0.25) is 5.91 Å². The lowest BCUT2D eigenvalue weighted by molar-refractivity contribution is -0.123. The summed E-state index contributed by atoms with van der Waals surface area (Å²) < 4.78 is 5.33. The predicted octanol–water partition coefficient (Wildman–Crippen LogP) is 0.670. The van der Waals surface area contributed by atoms with E-state index in [1.165, 1.54) is 0 Å². The molecule has 4 heteroatoms. The molecule has 4 nitrogen and oxygen atoms in total. The fourth-order valence-corrected chi connectivity index (χ4v) is 1.66. The van der Waals surface area contributed by atoms with Crippen LogP contribution < -0.4 is 10.6 Å². The maximum Gasteiger partial charge on any atom is 0.222 e. The van der Waals surface area contributed by atoms with Gasteiger partial charge in [0.25, 0.3) is 0 Å². The first-order chi connectivity index (χ1) is 7.18. The zero-order chi connectivity index (χ0) is 11.1. The lowest BCUT2D eigenvalue weighted by Gasteiger charge is -2.23. The summed E-state index contributed by atoms with van der Waals surface area (Å²) in [5.74, 6) is 0.101. The third-order valence-electron chi connectivity index (χ3n) is 2.44. The van der Waals surface area contributed by atoms with Gasteiger partial charge in [-0.25, -0.2) is 0 Å². The summed E-state index contributed by atoms with van der Waals surface area (Å²) in [4.78, 5) is 11.5. The Kier molecular flexibility index (Phi) is 5.65. The van der Waals surface area contributed by atoms with Crippen LogP contribution in [0.1, 0.15) is 33.1 Å². The fraction of sp³-hybridized carbons (Fsp3) is 0.909. The van der Waals surface area contributed by atoms with Gasteiger partial charge in [0.1, 0.15) is 0 Å². The zero-order valence-electron chi connectivity index (χ0n) is 9.71.